The molecule has 0 aliphatic carbocycles. The largest absolute Gasteiger partial charge is 0.347 e. The van der Waals surface area contributed by atoms with Crippen molar-refractivity contribution < 1.29 is 17.9 Å². The van der Waals surface area contributed by atoms with Crippen LogP contribution < -0.4 is 10.5 Å². The number of benzene rings is 1. The van der Waals surface area contributed by atoms with Crippen molar-refractivity contribution >= 4 is 22.6 Å². The zero-order valence-corrected chi connectivity index (χ0v) is 15.0. The maximum Gasteiger partial charge on any atom is 0.279 e. The van der Waals surface area contributed by atoms with Crippen LogP contribution in [0.3, 0.4) is 0 Å². The summed E-state index contributed by atoms with van der Waals surface area (Å²) in [5.41, 5.74) is 6.94. The van der Waals surface area contributed by atoms with Crippen molar-refractivity contribution in [2.75, 3.05) is 32.8 Å². The van der Waals surface area contributed by atoms with E-state index in [0.717, 1.165) is 5.56 Å². The summed E-state index contributed by atoms with van der Waals surface area (Å²) in [6.45, 7) is 2.10. The van der Waals surface area contributed by atoms with Gasteiger partial charge >= 0.3 is 0 Å². The van der Waals surface area contributed by atoms with Gasteiger partial charge in [0.15, 0.2) is 5.79 Å². The van der Waals surface area contributed by atoms with Gasteiger partial charge in [0.05, 0.1) is 13.2 Å². The Hall–Kier alpha value is -0.740. The van der Waals surface area contributed by atoms with Crippen molar-refractivity contribution in [2.45, 2.75) is 24.7 Å². The molecule has 2 saturated heterocycles. The van der Waals surface area contributed by atoms with Gasteiger partial charge in [-0.1, -0.05) is 30.3 Å². The van der Waals surface area contributed by atoms with Gasteiger partial charge in [0.25, 0.3) is 10.2 Å². The van der Waals surface area contributed by atoms with Gasteiger partial charge in [-0.15, -0.1) is 12.4 Å². The Labute approximate surface area is 149 Å². The average Bonchev–Trinajstić information content (AvgIpc) is 3.02. The smallest absolute Gasteiger partial charge is 0.279 e. The van der Waals surface area contributed by atoms with Crippen LogP contribution in [0.5, 0.6) is 0 Å². The molecule has 2 aliphatic heterocycles. The van der Waals surface area contributed by atoms with E-state index in [1.165, 1.54) is 4.31 Å². The standard InChI is InChI=1S/C15H23N3O4S.ClH/c16-14(13-4-2-1-3-5-13)12-17-23(19,20)18-8-6-15(7-9-18)21-10-11-22-15;/h1-5,14,17H,6-12,16H2;1H. The monoisotopic (exact) mass is 377 g/mol. The minimum atomic E-state index is -3.54. The number of hydrogen-bond acceptors (Lipinski definition) is 5. The first-order chi connectivity index (χ1) is 11.0. The lowest BCUT2D eigenvalue weighted by atomic mass is 10.1. The number of nitrogens with one attached hydrogen (secondary N) is 1. The summed E-state index contributed by atoms with van der Waals surface area (Å²) in [6.07, 6.45) is 1.11. The van der Waals surface area contributed by atoms with E-state index in [2.05, 4.69) is 4.72 Å². The Morgan fingerprint density at radius 3 is 2.33 bits per heavy atom. The van der Waals surface area contributed by atoms with Crippen LogP contribution >= 0.6 is 12.4 Å². The summed E-state index contributed by atoms with van der Waals surface area (Å²) in [5.74, 6) is -0.577. The average molecular weight is 378 g/mol. The van der Waals surface area contributed by atoms with Crippen LogP contribution in [0.15, 0.2) is 30.3 Å². The Balaban J connectivity index is 0.00000208. The third kappa shape index (κ3) is 4.45. The first-order valence-electron chi connectivity index (χ1n) is 7.84. The number of nitrogens with two attached hydrogens (primary N) is 1. The molecule has 7 nitrogen and oxygen atoms in total. The predicted molar refractivity (Wildman–Crippen MR) is 93.0 cm³/mol. The Morgan fingerprint density at radius 2 is 1.75 bits per heavy atom. The molecule has 1 spiro atoms. The van der Waals surface area contributed by atoms with Gasteiger partial charge in [-0.05, 0) is 5.56 Å². The maximum absolute atomic E-state index is 12.4. The van der Waals surface area contributed by atoms with E-state index in [1.807, 2.05) is 30.3 Å². The molecule has 3 N–H and O–H groups in total. The molecule has 0 bridgehead atoms. The number of rotatable bonds is 5. The second kappa shape index (κ2) is 8.09. The molecule has 0 aromatic heterocycles. The summed E-state index contributed by atoms with van der Waals surface area (Å²) < 4.78 is 40.1. The van der Waals surface area contributed by atoms with Gasteiger partial charge in [-0.2, -0.15) is 12.7 Å². The summed E-state index contributed by atoms with van der Waals surface area (Å²) >= 11 is 0. The predicted octanol–water partition coefficient (Wildman–Crippen LogP) is 0.782. The molecule has 2 heterocycles. The quantitative estimate of drug-likeness (QED) is 0.790. The Kier molecular flexibility index (Phi) is 6.60. The number of nitrogens with zero attached hydrogens (tertiary/aromatic N) is 1. The summed E-state index contributed by atoms with van der Waals surface area (Å²) in [4.78, 5) is 0. The molecule has 0 radical (unpaired) electrons. The third-order valence-corrected chi connectivity index (χ3v) is 5.93. The molecule has 2 aliphatic rings. The van der Waals surface area contributed by atoms with Gasteiger partial charge in [-0.3, -0.25) is 0 Å². The van der Waals surface area contributed by atoms with Crippen molar-refractivity contribution in [1.29, 1.82) is 0 Å². The topological polar surface area (TPSA) is 93.9 Å². The van der Waals surface area contributed by atoms with Crippen LogP contribution in [0.2, 0.25) is 0 Å². The minimum Gasteiger partial charge on any atom is -0.347 e. The van der Waals surface area contributed by atoms with E-state index in [1.54, 1.807) is 0 Å². The molecule has 24 heavy (non-hydrogen) atoms. The van der Waals surface area contributed by atoms with E-state index >= 15 is 0 Å². The van der Waals surface area contributed by atoms with Gasteiger partial charge in [0, 0.05) is 38.5 Å². The number of piperidine rings is 1. The zero-order valence-electron chi connectivity index (χ0n) is 13.4. The van der Waals surface area contributed by atoms with Crippen LogP contribution in [0, 0.1) is 0 Å². The number of hydrogen-bond donors (Lipinski definition) is 2. The minimum absolute atomic E-state index is 0. The lowest BCUT2D eigenvalue weighted by molar-refractivity contribution is -0.179. The molecule has 2 fully saturated rings. The molecular formula is C15H24ClN3O4S. The van der Waals surface area contributed by atoms with Crippen molar-refractivity contribution in [3.05, 3.63) is 35.9 Å². The highest BCUT2D eigenvalue weighted by Gasteiger charge is 2.42. The number of halogens is 1. The first kappa shape index (κ1) is 19.6. The third-order valence-electron chi connectivity index (χ3n) is 4.35. The summed E-state index contributed by atoms with van der Waals surface area (Å²) in [5, 5.41) is 0. The van der Waals surface area contributed by atoms with Crippen LogP contribution in [-0.4, -0.2) is 51.4 Å². The molecular weight excluding hydrogens is 354 g/mol. The van der Waals surface area contributed by atoms with Crippen LogP contribution in [-0.2, 0) is 19.7 Å². The lowest BCUT2D eigenvalue weighted by Gasteiger charge is -2.36. The molecule has 1 aromatic carbocycles. The van der Waals surface area contributed by atoms with E-state index in [4.69, 9.17) is 15.2 Å². The van der Waals surface area contributed by atoms with Gasteiger partial charge < -0.3 is 15.2 Å². The Bertz CT molecular complexity index is 613. The van der Waals surface area contributed by atoms with E-state index in [9.17, 15) is 8.42 Å². The van der Waals surface area contributed by atoms with Crippen molar-refractivity contribution in [3.63, 3.8) is 0 Å². The second-order valence-corrected chi connectivity index (χ2v) is 7.63. The van der Waals surface area contributed by atoms with Crippen LogP contribution in [0.25, 0.3) is 0 Å². The van der Waals surface area contributed by atoms with Gasteiger partial charge in [0.2, 0.25) is 0 Å². The molecule has 0 saturated carbocycles. The first-order valence-corrected chi connectivity index (χ1v) is 9.28. The van der Waals surface area contributed by atoms with Crippen LogP contribution in [0.1, 0.15) is 24.4 Å². The summed E-state index contributed by atoms with van der Waals surface area (Å²) in [6, 6.07) is 9.07. The SMILES string of the molecule is Cl.NC(CNS(=O)(=O)N1CCC2(CC1)OCCO2)c1ccccc1. The fourth-order valence-electron chi connectivity index (χ4n) is 2.96. The highest BCUT2D eigenvalue weighted by atomic mass is 35.5. The van der Waals surface area contributed by atoms with Crippen molar-refractivity contribution in [1.82, 2.24) is 9.03 Å². The fourth-order valence-corrected chi connectivity index (χ4v) is 4.19. The molecule has 9 heteroatoms. The molecule has 1 atom stereocenters. The molecule has 0 amide bonds. The van der Waals surface area contributed by atoms with Crippen LogP contribution in [0.4, 0.5) is 0 Å². The van der Waals surface area contributed by atoms with E-state index < -0.39 is 16.0 Å². The van der Waals surface area contributed by atoms with Gasteiger partial charge in [0.1, 0.15) is 0 Å². The molecule has 136 valence electrons. The normalized spacial score (nSPS) is 22.2. The summed E-state index contributed by atoms with van der Waals surface area (Å²) in [7, 11) is -3.54. The van der Waals surface area contributed by atoms with E-state index in [-0.39, 0.29) is 25.0 Å². The fraction of sp³-hybridized carbons (Fsp3) is 0.600. The zero-order chi connectivity index (χ0) is 16.3. The van der Waals surface area contributed by atoms with Crippen molar-refractivity contribution in [2.24, 2.45) is 5.73 Å². The molecule has 1 aromatic rings. The van der Waals surface area contributed by atoms with Crippen molar-refractivity contribution in [3.8, 4) is 0 Å². The highest BCUT2D eigenvalue weighted by Crippen LogP contribution is 2.31. The Morgan fingerprint density at radius 1 is 1.17 bits per heavy atom. The lowest BCUT2D eigenvalue weighted by Crippen LogP contribution is -2.51. The molecule has 1 unspecified atom stereocenters. The number of ether oxygens (including phenoxy) is 2. The molecule has 3 rings (SSSR count). The van der Waals surface area contributed by atoms with E-state index in [0.29, 0.717) is 39.1 Å². The second-order valence-electron chi connectivity index (χ2n) is 5.88. The van der Waals surface area contributed by atoms with Gasteiger partial charge in [-0.25, -0.2) is 4.72 Å². The highest BCUT2D eigenvalue weighted by molar-refractivity contribution is 7.87. The maximum atomic E-state index is 12.4.